The Hall–Kier alpha value is -3.07. The maximum absolute atomic E-state index is 13.4. The first kappa shape index (κ1) is 19.3. The van der Waals surface area contributed by atoms with Crippen LogP contribution < -0.4 is 5.56 Å². The van der Waals surface area contributed by atoms with Crippen LogP contribution in [-0.2, 0) is 22.5 Å². The number of hydrogen-bond acceptors (Lipinski definition) is 7. The van der Waals surface area contributed by atoms with Crippen molar-refractivity contribution >= 4 is 39.2 Å². The molecule has 0 fully saturated rings. The zero-order valence-electron chi connectivity index (χ0n) is 16.1. The maximum atomic E-state index is 13.4. The normalized spacial score (nSPS) is 12.0. The lowest BCUT2D eigenvalue weighted by Gasteiger charge is -2.19. The Bertz CT molecular complexity index is 1280. The first-order chi connectivity index (χ1) is 13.7. The molecule has 0 saturated carbocycles. The Morgan fingerprint density at radius 3 is 2.79 bits per heavy atom. The number of nitrogens with zero attached hydrogens (tertiary/aromatic N) is 3. The number of halogens is 1. The van der Waals surface area contributed by atoms with Crippen molar-refractivity contribution < 1.29 is 18.3 Å². The molecule has 150 valence electrons. The van der Waals surface area contributed by atoms with Crippen LogP contribution in [0.4, 0.5) is 4.39 Å². The first-order valence-electron chi connectivity index (χ1n) is 8.92. The number of benzene rings is 1. The molecule has 0 bridgehead atoms. The van der Waals surface area contributed by atoms with Gasteiger partial charge in [-0.15, -0.1) is 0 Å². The van der Waals surface area contributed by atoms with Gasteiger partial charge in [-0.1, -0.05) is 0 Å². The van der Waals surface area contributed by atoms with Gasteiger partial charge in [0.2, 0.25) is 5.89 Å². The summed E-state index contributed by atoms with van der Waals surface area (Å²) in [6.45, 7) is 5.32. The summed E-state index contributed by atoms with van der Waals surface area (Å²) < 4.78 is 25.5. The fraction of sp³-hybridized carbons (Fsp3) is 0.300. The molecule has 0 atom stereocenters. The molecule has 29 heavy (non-hydrogen) atoms. The van der Waals surface area contributed by atoms with Gasteiger partial charge >= 0.3 is 5.97 Å². The molecule has 0 aliphatic rings. The van der Waals surface area contributed by atoms with Crippen LogP contribution in [0.25, 0.3) is 21.9 Å². The van der Waals surface area contributed by atoms with Crippen LogP contribution in [0.5, 0.6) is 0 Å². The summed E-state index contributed by atoms with van der Waals surface area (Å²) in [6, 6.07) is 4.03. The standard InChI is InChI=1S/C20H18FN3O4S/c1-20(2,3)28-18(25)7-15-12-9-29-10-13(12)19(26)24(23-15)8-17-22-14-5-4-11(21)6-16(14)27-17/h4-6,9-10H,7-8H2,1-3H3. The van der Waals surface area contributed by atoms with E-state index in [0.29, 0.717) is 27.6 Å². The molecule has 0 amide bonds. The molecular formula is C20H18FN3O4S. The van der Waals surface area contributed by atoms with Crippen molar-refractivity contribution in [2.24, 2.45) is 0 Å². The third kappa shape index (κ3) is 4.04. The van der Waals surface area contributed by atoms with E-state index in [1.54, 1.807) is 31.5 Å². The molecule has 3 heterocycles. The van der Waals surface area contributed by atoms with Crippen molar-refractivity contribution in [3.05, 3.63) is 56.7 Å². The number of esters is 1. The summed E-state index contributed by atoms with van der Waals surface area (Å²) in [5, 5.41) is 8.96. The van der Waals surface area contributed by atoms with Gasteiger partial charge in [-0.05, 0) is 32.9 Å². The van der Waals surface area contributed by atoms with E-state index in [0.717, 1.165) is 0 Å². The van der Waals surface area contributed by atoms with E-state index in [1.165, 1.54) is 34.2 Å². The third-order valence-electron chi connectivity index (χ3n) is 4.09. The highest BCUT2D eigenvalue weighted by atomic mass is 32.1. The number of rotatable bonds is 4. The fourth-order valence-electron chi connectivity index (χ4n) is 2.96. The monoisotopic (exact) mass is 415 g/mol. The summed E-state index contributed by atoms with van der Waals surface area (Å²) >= 11 is 1.36. The van der Waals surface area contributed by atoms with E-state index in [2.05, 4.69) is 10.1 Å². The highest BCUT2D eigenvalue weighted by molar-refractivity contribution is 7.09. The van der Waals surface area contributed by atoms with Gasteiger partial charge in [0.25, 0.3) is 5.56 Å². The van der Waals surface area contributed by atoms with E-state index in [1.807, 2.05) is 0 Å². The van der Waals surface area contributed by atoms with Gasteiger partial charge in [0.05, 0.1) is 17.5 Å². The molecule has 0 aliphatic heterocycles. The average molecular weight is 415 g/mol. The number of carbonyl (C=O) groups is 1. The average Bonchev–Trinajstić information content (AvgIpc) is 3.23. The molecule has 0 aliphatic carbocycles. The molecule has 0 radical (unpaired) electrons. The van der Waals surface area contributed by atoms with Crippen LogP contribution in [0, 0.1) is 5.82 Å². The van der Waals surface area contributed by atoms with Crippen molar-refractivity contribution in [3.63, 3.8) is 0 Å². The van der Waals surface area contributed by atoms with Crippen molar-refractivity contribution in [3.8, 4) is 0 Å². The molecule has 0 saturated heterocycles. The number of carbonyl (C=O) groups excluding carboxylic acids is 1. The van der Waals surface area contributed by atoms with Crippen LogP contribution in [-0.4, -0.2) is 26.3 Å². The number of oxazole rings is 1. The van der Waals surface area contributed by atoms with Gasteiger partial charge in [0.15, 0.2) is 5.58 Å². The number of thiophene rings is 1. The minimum Gasteiger partial charge on any atom is -0.460 e. The van der Waals surface area contributed by atoms with Gasteiger partial charge in [-0.2, -0.15) is 16.4 Å². The number of hydrogen-bond donors (Lipinski definition) is 0. The second-order valence-electron chi connectivity index (χ2n) is 7.59. The molecule has 4 aromatic rings. The topological polar surface area (TPSA) is 87.2 Å². The lowest BCUT2D eigenvalue weighted by molar-refractivity contribution is -0.153. The van der Waals surface area contributed by atoms with Gasteiger partial charge in [0.1, 0.15) is 23.5 Å². The third-order valence-corrected chi connectivity index (χ3v) is 4.83. The predicted molar refractivity (Wildman–Crippen MR) is 106 cm³/mol. The Morgan fingerprint density at radius 2 is 2.03 bits per heavy atom. The Morgan fingerprint density at radius 1 is 1.28 bits per heavy atom. The second-order valence-corrected chi connectivity index (χ2v) is 8.34. The summed E-state index contributed by atoms with van der Waals surface area (Å²) in [7, 11) is 0. The van der Waals surface area contributed by atoms with E-state index in [4.69, 9.17) is 9.15 Å². The summed E-state index contributed by atoms with van der Waals surface area (Å²) in [6.07, 6.45) is -0.0659. The molecule has 0 N–H and O–H groups in total. The number of ether oxygens (including phenoxy) is 1. The van der Waals surface area contributed by atoms with Crippen LogP contribution in [0.2, 0.25) is 0 Å². The van der Waals surface area contributed by atoms with Crippen molar-refractivity contribution in [2.45, 2.75) is 39.3 Å². The maximum Gasteiger partial charge on any atom is 0.312 e. The van der Waals surface area contributed by atoms with Gasteiger partial charge in [-0.25, -0.2) is 14.1 Å². The van der Waals surface area contributed by atoms with Crippen molar-refractivity contribution in [1.82, 2.24) is 14.8 Å². The lowest BCUT2D eigenvalue weighted by atomic mass is 10.1. The minimum atomic E-state index is -0.618. The Labute approximate surface area is 168 Å². The largest absolute Gasteiger partial charge is 0.460 e. The fourth-order valence-corrected chi connectivity index (χ4v) is 3.80. The number of fused-ring (bicyclic) bond motifs is 2. The number of aromatic nitrogens is 3. The first-order valence-corrected chi connectivity index (χ1v) is 9.86. The van der Waals surface area contributed by atoms with E-state index < -0.39 is 17.4 Å². The van der Waals surface area contributed by atoms with Gasteiger partial charge in [-0.3, -0.25) is 9.59 Å². The molecule has 4 rings (SSSR count). The molecule has 1 aromatic carbocycles. The van der Waals surface area contributed by atoms with Crippen LogP contribution in [0.15, 0.2) is 38.2 Å². The quantitative estimate of drug-likeness (QED) is 0.473. The van der Waals surface area contributed by atoms with Crippen molar-refractivity contribution in [1.29, 1.82) is 0 Å². The molecule has 3 aromatic heterocycles. The van der Waals surface area contributed by atoms with Gasteiger partial charge in [0, 0.05) is 22.2 Å². The van der Waals surface area contributed by atoms with Gasteiger partial charge < -0.3 is 9.15 Å². The van der Waals surface area contributed by atoms with Crippen LogP contribution in [0.3, 0.4) is 0 Å². The minimum absolute atomic E-state index is 0.0394. The summed E-state index contributed by atoms with van der Waals surface area (Å²) in [5.74, 6) is -0.645. The van der Waals surface area contributed by atoms with Crippen LogP contribution in [0.1, 0.15) is 32.4 Å². The zero-order valence-corrected chi connectivity index (χ0v) is 16.9. The summed E-state index contributed by atoms with van der Waals surface area (Å²) in [4.78, 5) is 29.4. The van der Waals surface area contributed by atoms with Crippen molar-refractivity contribution in [2.75, 3.05) is 0 Å². The molecular weight excluding hydrogens is 397 g/mol. The SMILES string of the molecule is CC(C)(C)OC(=O)Cc1nn(Cc2nc3ccc(F)cc3o2)c(=O)c2cscc12. The molecule has 7 nitrogen and oxygen atoms in total. The Kier molecular flexibility index (Phi) is 4.70. The second kappa shape index (κ2) is 7.07. The van der Waals surface area contributed by atoms with Crippen LogP contribution >= 0.6 is 11.3 Å². The lowest BCUT2D eigenvalue weighted by Crippen LogP contribution is -2.28. The molecule has 9 heteroatoms. The van der Waals surface area contributed by atoms with E-state index in [9.17, 15) is 14.0 Å². The van der Waals surface area contributed by atoms with E-state index >= 15 is 0 Å². The molecule has 0 spiro atoms. The van der Waals surface area contributed by atoms with E-state index in [-0.39, 0.29) is 24.4 Å². The zero-order chi connectivity index (χ0) is 20.8. The highest BCUT2D eigenvalue weighted by Gasteiger charge is 2.20. The highest BCUT2D eigenvalue weighted by Crippen LogP contribution is 2.21. The smallest absolute Gasteiger partial charge is 0.312 e. The predicted octanol–water partition coefficient (Wildman–Crippen LogP) is 3.67. The molecule has 0 unspecified atom stereocenters. The summed E-state index contributed by atoms with van der Waals surface area (Å²) in [5.41, 5.74) is 0.283. The Balaban J connectivity index is 1.71.